The SMILES string of the molecule is CC1CCCN(c2nccc(C(=O)O)c2F)CC1. The normalized spacial score (nSPS) is 20.6. The van der Waals surface area contributed by atoms with E-state index in [1.807, 2.05) is 4.90 Å². The lowest BCUT2D eigenvalue weighted by molar-refractivity contribution is 0.0691. The molecule has 1 N–H and O–H groups in total. The lowest BCUT2D eigenvalue weighted by atomic mass is 10.0. The van der Waals surface area contributed by atoms with Gasteiger partial charge in [0, 0.05) is 19.3 Å². The van der Waals surface area contributed by atoms with Crippen molar-refractivity contribution >= 4 is 11.8 Å². The molecule has 98 valence electrons. The van der Waals surface area contributed by atoms with E-state index < -0.39 is 11.8 Å². The molecule has 5 heteroatoms. The topological polar surface area (TPSA) is 53.4 Å². The molecule has 1 atom stereocenters. The summed E-state index contributed by atoms with van der Waals surface area (Å²) in [5, 5.41) is 8.90. The van der Waals surface area contributed by atoms with E-state index >= 15 is 0 Å². The first-order valence-corrected chi connectivity index (χ1v) is 6.22. The minimum Gasteiger partial charge on any atom is -0.478 e. The van der Waals surface area contributed by atoms with Crippen LogP contribution >= 0.6 is 0 Å². The van der Waals surface area contributed by atoms with Crippen molar-refractivity contribution in [2.24, 2.45) is 5.92 Å². The molecule has 4 nitrogen and oxygen atoms in total. The molecular weight excluding hydrogens is 235 g/mol. The second-order valence-electron chi connectivity index (χ2n) is 4.82. The van der Waals surface area contributed by atoms with Crippen LogP contribution in [0.5, 0.6) is 0 Å². The Balaban J connectivity index is 2.27. The quantitative estimate of drug-likeness (QED) is 0.878. The second kappa shape index (κ2) is 5.33. The zero-order valence-corrected chi connectivity index (χ0v) is 10.4. The summed E-state index contributed by atoms with van der Waals surface area (Å²) in [7, 11) is 0. The molecule has 0 aliphatic carbocycles. The van der Waals surface area contributed by atoms with E-state index in [4.69, 9.17) is 5.11 Å². The average molecular weight is 252 g/mol. The predicted molar refractivity (Wildman–Crippen MR) is 66.4 cm³/mol. The molecule has 0 spiro atoms. The number of hydrogen-bond acceptors (Lipinski definition) is 3. The van der Waals surface area contributed by atoms with Crippen molar-refractivity contribution in [1.82, 2.24) is 4.98 Å². The number of carboxylic acid groups (broad SMARTS) is 1. The van der Waals surface area contributed by atoms with Crippen LogP contribution in [0.3, 0.4) is 0 Å². The number of anilines is 1. The number of nitrogens with zero attached hydrogens (tertiary/aromatic N) is 2. The Morgan fingerprint density at radius 2 is 2.28 bits per heavy atom. The first-order chi connectivity index (χ1) is 8.59. The standard InChI is InChI=1S/C13H17FN2O2/c1-9-3-2-7-16(8-5-9)12-11(14)10(13(17)18)4-6-15-12/h4,6,9H,2-3,5,7-8H2,1H3,(H,17,18). The summed E-state index contributed by atoms with van der Waals surface area (Å²) in [6.45, 7) is 3.65. The molecule has 18 heavy (non-hydrogen) atoms. The Labute approximate surface area is 105 Å². The van der Waals surface area contributed by atoms with Crippen molar-refractivity contribution in [3.8, 4) is 0 Å². The van der Waals surface area contributed by atoms with Crippen LogP contribution < -0.4 is 4.90 Å². The monoisotopic (exact) mass is 252 g/mol. The van der Waals surface area contributed by atoms with Crippen molar-refractivity contribution in [1.29, 1.82) is 0 Å². The highest BCUT2D eigenvalue weighted by atomic mass is 19.1. The fraction of sp³-hybridized carbons (Fsp3) is 0.538. The third-order valence-corrected chi connectivity index (χ3v) is 3.42. The number of hydrogen-bond donors (Lipinski definition) is 1. The summed E-state index contributed by atoms with van der Waals surface area (Å²) in [6, 6.07) is 1.20. The molecule has 0 aromatic carbocycles. The molecule has 0 radical (unpaired) electrons. The predicted octanol–water partition coefficient (Wildman–Crippen LogP) is 2.55. The second-order valence-corrected chi connectivity index (χ2v) is 4.82. The minimum absolute atomic E-state index is 0.170. The van der Waals surface area contributed by atoms with Gasteiger partial charge in [0.15, 0.2) is 11.6 Å². The Hall–Kier alpha value is -1.65. The van der Waals surface area contributed by atoms with Gasteiger partial charge in [-0.25, -0.2) is 14.2 Å². The highest BCUT2D eigenvalue weighted by Gasteiger charge is 2.21. The van der Waals surface area contributed by atoms with Gasteiger partial charge in [-0.1, -0.05) is 6.92 Å². The zero-order chi connectivity index (χ0) is 13.1. The average Bonchev–Trinajstić information content (AvgIpc) is 2.54. The van der Waals surface area contributed by atoms with E-state index in [0.717, 1.165) is 32.4 Å². The summed E-state index contributed by atoms with van der Waals surface area (Å²) < 4.78 is 14.1. The number of rotatable bonds is 2. The van der Waals surface area contributed by atoms with Gasteiger partial charge in [0.05, 0.1) is 0 Å². The van der Waals surface area contributed by atoms with Crippen molar-refractivity contribution in [2.45, 2.75) is 26.2 Å². The minimum atomic E-state index is -1.25. The van der Waals surface area contributed by atoms with E-state index in [0.29, 0.717) is 5.92 Å². The molecule has 2 rings (SSSR count). The molecule has 0 saturated carbocycles. The van der Waals surface area contributed by atoms with E-state index in [2.05, 4.69) is 11.9 Å². The molecule has 1 unspecified atom stereocenters. The van der Waals surface area contributed by atoms with E-state index in [-0.39, 0.29) is 11.4 Å². The molecule has 1 aliphatic heterocycles. The van der Waals surface area contributed by atoms with Crippen molar-refractivity contribution < 1.29 is 14.3 Å². The molecule has 0 bridgehead atoms. The largest absolute Gasteiger partial charge is 0.478 e. The van der Waals surface area contributed by atoms with Crippen LogP contribution in [0.4, 0.5) is 10.2 Å². The molecule has 1 saturated heterocycles. The maximum absolute atomic E-state index is 14.1. The summed E-state index contributed by atoms with van der Waals surface area (Å²) in [4.78, 5) is 16.7. The van der Waals surface area contributed by atoms with Gasteiger partial charge >= 0.3 is 5.97 Å². The van der Waals surface area contributed by atoms with Gasteiger partial charge in [0.1, 0.15) is 5.56 Å². The van der Waals surface area contributed by atoms with Crippen molar-refractivity contribution in [2.75, 3.05) is 18.0 Å². The molecule has 1 fully saturated rings. The molecule has 1 aliphatic rings. The van der Waals surface area contributed by atoms with Crippen LogP contribution in [0.15, 0.2) is 12.3 Å². The Morgan fingerprint density at radius 3 is 3.00 bits per heavy atom. The smallest absolute Gasteiger partial charge is 0.338 e. The molecule has 1 aromatic rings. The van der Waals surface area contributed by atoms with Crippen LogP contribution in [0, 0.1) is 11.7 Å². The van der Waals surface area contributed by atoms with Crippen molar-refractivity contribution in [3.63, 3.8) is 0 Å². The van der Waals surface area contributed by atoms with Crippen LogP contribution in [0.2, 0.25) is 0 Å². The molecule has 0 amide bonds. The fourth-order valence-corrected chi connectivity index (χ4v) is 2.29. The van der Waals surface area contributed by atoms with Gasteiger partial charge in [-0.3, -0.25) is 0 Å². The van der Waals surface area contributed by atoms with Gasteiger partial charge in [-0.05, 0) is 31.2 Å². The van der Waals surface area contributed by atoms with Gasteiger partial charge in [0.2, 0.25) is 0 Å². The number of aromatic carboxylic acids is 1. The zero-order valence-electron chi connectivity index (χ0n) is 10.4. The number of aromatic nitrogens is 1. The summed E-state index contributed by atoms with van der Waals surface area (Å²) in [5.41, 5.74) is -0.308. The Morgan fingerprint density at radius 1 is 1.50 bits per heavy atom. The van der Waals surface area contributed by atoms with Crippen LogP contribution in [-0.2, 0) is 0 Å². The van der Waals surface area contributed by atoms with Crippen LogP contribution in [0.25, 0.3) is 0 Å². The molecule has 2 heterocycles. The lowest BCUT2D eigenvalue weighted by Crippen LogP contribution is -2.27. The van der Waals surface area contributed by atoms with Gasteiger partial charge in [0.25, 0.3) is 0 Å². The maximum atomic E-state index is 14.1. The summed E-state index contributed by atoms with van der Waals surface area (Å²) in [6.07, 6.45) is 4.45. The first-order valence-electron chi connectivity index (χ1n) is 6.22. The summed E-state index contributed by atoms with van der Waals surface area (Å²) in [5.74, 6) is -1.18. The summed E-state index contributed by atoms with van der Waals surface area (Å²) >= 11 is 0. The van der Waals surface area contributed by atoms with E-state index in [9.17, 15) is 9.18 Å². The lowest BCUT2D eigenvalue weighted by Gasteiger charge is -2.22. The molecular formula is C13H17FN2O2. The number of halogens is 1. The maximum Gasteiger partial charge on any atom is 0.338 e. The highest BCUT2D eigenvalue weighted by Crippen LogP contribution is 2.24. The molecule has 1 aromatic heterocycles. The van der Waals surface area contributed by atoms with Crippen LogP contribution in [-0.4, -0.2) is 29.1 Å². The number of carboxylic acids is 1. The van der Waals surface area contributed by atoms with Crippen molar-refractivity contribution in [3.05, 3.63) is 23.6 Å². The first kappa shape index (κ1) is 12.8. The van der Waals surface area contributed by atoms with Gasteiger partial charge in [-0.2, -0.15) is 0 Å². The van der Waals surface area contributed by atoms with Crippen LogP contribution in [0.1, 0.15) is 36.5 Å². The number of carbonyl (C=O) groups is 1. The fourth-order valence-electron chi connectivity index (χ4n) is 2.29. The Kier molecular flexibility index (Phi) is 3.79. The number of pyridine rings is 1. The third kappa shape index (κ3) is 2.60. The highest BCUT2D eigenvalue weighted by molar-refractivity contribution is 5.88. The van der Waals surface area contributed by atoms with Gasteiger partial charge < -0.3 is 10.0 Å². The van der Waals surface area contributed by atoms with E-state index in [1.54, 1.807) is 0 Å². The Bertz CT molecular complexity index is 451. The van der Waals surface area contributed by atoms with Gasteiger partial charge in [-0.15, -0.1) is 0 Å². The van der Waals surface area contributed by atoms with E-state index in [1.165, 1.54) is 12.3 Å². The third-order valence-electron chi connectivity index (χ3n) is 3.42.